The number of carbonyl (C=O) groups excluding carboxylic acids is 1. The molecule has 0 aromatic carbocycles. The van der Waals surface area contributed by atoms with Gasteiger partial charge in [0.25, 0.3) is 0 Å². The summed E-state index contributed by atoms with van der Waals surface area (Å²) in [7, 11) is 0. The molecule has 0 saturated heterocycles. The third kappa shape index (κ3) is 3.94. The van der Waals surface area contributed by atoms with E-state index in [1.54, 1.807) is 0 Å². The number of nitrogens with one attached hydrogen (secondary N) is 1. The summed E-state index contributed by atoms with van der Waals surface area (Å²) in [5.74, 6) is 1.26. The predicted molar refractivity (Wildman–Crippen MR) is 74.8 cm³/mol. The van der Waals surface area contributed by atoms with Crippen LogP contribution in [0.4, 0.5) is 0 Å². The molecule has 0 radical (unpaired) electrons. The van der Waals surface area contributed by atoms with Crippen LogP contribution in [-0.2, 0) is 11.3 Å². The minimum Gasteiger partial charge on any atom is -0.355 e. The number of thioether (sulfide) groups is 1. The van der Waals surface area contributed by atoms with Gasteiger partial charge in [-0.2, -0.15) is 0 Å². The molecule has 6 nitrogen and oxygen atoms in total. The maximum Gasteiger partial charge on any atom is 0.230 e. The van der Waals surface area contributed by atoms with Gasteiger partial charge in [0, 0.05) is 12.6 Å². The summed E-state index contributed by atoms with van der Waals surface area (Å²) in [6, 6.07) is 0.485. The standard InChI is InChI=1S/C12H21N5OS/c1-2-3-6-14-11(18)8-19-12-16-15-10(7-13)17(12)9-4-5-9/h9H,2-8,13H2,1H3,(H,14,18). The Balaban J connectivity index is 1.85. The van der Waals surface area contributed by atoms with Crippen LogP contribution in [0, 0.1) is 0 Å². The number of nitrogens with two attached hydrogens (primary N) is 1. The summed E-state index contributed by atoms with van der Waals surface area (Å²) < 4.78 is 2.09. The first-order valence-electron chi connectivity index (χ1n) is 6.79. The lowest BCUT2D eigenvalue weighted by atomic mass is 10.3. The van der Waals surface area contributed by atoms with Gasteiger partial charge in [-0.3, -0.25) is 4.79 Å². The molecule has 1 aromatic heterocycles. The lowest BCUT2D eigenvalue weighted by Crippen LogP contribution is -2.26. The molecule has 19 heavy (non-hydrogen) atoms. The normalized spacial score (nSPS) is 14.6. The van der Waals surface area contributed by atoms with Gasteiger partial charge in [-0.15, -0.1) is 10.2 Å². The van der Waals surface area contributed by atoms with Crippen molar-refractivity contribution in [2.75, 3.05) is 12.3 Å². The lowest BCUT2D eigenvalue weighted by Gasteiger charge is -2.07. The van der Waals surface area contributed by atoms with Crippen molar-refractivity contribution in [3.05, 3.63) is 5.82 Å². The molecule has 1 heterocycles. The van der Waals surface area contributed by atoms with E-state index in [9.17, 15) is 4.79 Å². The molecule has 106 valence electrons. The van der Waals surface area contributed by atoms with E-state index in [0.717, 1.165) is 43.2 Å². The topological polar surface area (TPSA) is 85.8 Å². The number of hydrogen-bond acceptors (Lipinski definition) is 5. The number of amides is 1. The van der Waals surface area contributed by atoms with E-state index in [1.165, 1.54) is 11.8 Å². The first-order valence-corrected chi connectivity index (χ1v) is 7.78. The molecule has 1 aromatic rings. The van der Waals surface area contributed by atoms with Crippen LogP contribution in [-0.4, -0.2) is 33.0 Å². The highest BCUT2D eigenvalue weighted by Gasteiger charge is 2.29. The zero-order chi connectivity index (χ0) is 13.7. The number of unbranched alkanes of at least 4 members (excludes halogenated alkanes) is 1. The minimum atomic E-state index is 0.0538. The SMILES string of the molecule is CCCCNC(=O)CSc1nnc(CN)n1C1CC1. The number of nitrogens with zero attached hydrogens (tertiary/aromatic N) is 3. The molecule has 0 spiro atoms. The van der Waals surface area contributed by atoms with Gasteiger partial charge in [0.05, 0.1) is 12.3 Å². The largest absolute Gasteiger partial charge is 0.355 e. The fraction of sp³-hybridized carbons (Fsp3) is 0.750. The molecule has 1 aliphatic carbocycles. The van der Waals surface area contributed by atoms with Gasteiger partial charge in [0.15, 0.2) is 5.16 Å². The van der Waals surface area contributed by atoms with E-state index in [-0.39, 0.29) is 5.91 Å². The van der Waals surface area contributed by atoms with Gasteiger partial charge in [-0.05, 0) is 19.3 Å². The van der Waals surface area contributed by atoms with E-state index >= 15 is 0 Å². The fourth-order valence-corrected chi connectivity index (χ4v) is 2.68. The molecule has 1 amide bonds. The van der Waals surface area contributed by atoms with Gasteiger partial charge < -0.3 is 15.6 Å². The molecule has 1 saturated carbocycles. The molecular weight excluding hydrogens is 262 g/mol. The van der Waals surface area contributed by atoms with Crippen LogP contribution in [0.25, 0.3) is 0 Å². The third-order valence-electron chi connectivity index (χ3n) is 3.01. The zero-order valence-corrected chi connectivity index (χ0v) is 12.1. The molecule has 2 rings (SSSR count). The second kappa shape index (κ2) is 6.91. The maximum absolute atomic E-state index is 11.7. The van der Waals surface area contributed by atoms with Crippen molar-refractivity contribution in [2.45, 2.75) is 50.4 Å². The second-order valence-electron chi connectivity index (χ2n) is 4.70. The van der Waals surface area contributed by atoms with Crippen LogP contribution in [0.3, 0.4) is 0 Å². The van der Waals surface area contributed by atoms with E-state index in [4.69, 9.17) is 5.73 Å². The minimum absolute atomic E-state index is 0.0538. The van der Waals surface area contributed by atoms with Crippen LogP contribution in [0.15, 0.2) is 5.16 Å². The van der Waals surface area contributed by atoms with Gasteiger partial charge in [-0.1, -0.05) is 25.1 Å². The number of aromatic nitrogens is 3. The molecule has 7 heteroatoms. The predicted octanol–water partition coefficient (Wildman–Crippen LogP) is 1.08. The molecule has 0 bridgehead atoms. The molecule has 0 atom stereocenters. The lowest BCUT2D eigenvalue weighted by molar-refractivity contribution is -0.118. The van der Waals surface area contributed by atoms with Crippen LogP contribution in [0.2, 0.25) is 0 Å². The van der Waals surface area contributed by atoms with E-state index in [2.05, 4.69) is 27.0 Å². The summed E-state index contributed by atoms with van der Waals surface area (Å²) in [5, 5.41) is 11.9. The summed E-state index contributed by atoms with van der Waals surface area (Å²) in [4.78, 5) is 11.7. The Morgan fingerprint density at radius 2 is 2.32 bits per heavy atom. The Morgan fingerprint density at radius 3 is 2.95 bits per heavy atom. The summed E-state index contributed by atoms with van der Waals surface area (Å²) in [6.07, 6.45) is 4.41. The fourth-order valence-electron chi connectivity index (χ4n) is 1.83. The molecule has 0 unspecified atom stereocenters. The Kier molecular flexibility index (Phi) is 5.21. The Bertz CT molecular complexity index is 430. The average molecular weight is 283 g/mol. The van der Waals surface area contributed by atoms with Gasteiger partial charge >= 0.3 is 0 Å². The van der Waals surface area contributed by atoms with Crippen molar-refractivity contribution in [3.63, 3.8) is 0 Å². The van der Waals surface area contributed by atoms with Crippen LogP contribution in [0.5, 0.6) is 0 Å². The van der Waals surface area contributed by atoms with Gasteiger partial charge in [0.1, 0.15) is 5.82 Å². The highest BCUT2D eigenvalue weighted by Crippen LogP contribution is 2.38. The Labute approximate surface area is 117 Å². The molecule has 0 aliphatic heterocycles. The van der Waals surface area contributed by atoms with E-state index in [1.807, 2.05) is 0 Å². The maximum atomic E-state index is 11.7. The smallest absolute Gasteiger partial charge is 0.230 e. The summed E-state index contributed by atoms with van der Waals surface area (Å²) in [5.41, 5.74) is 5.65. The summed E-state index contributed by atoms with van der Waals surface area (Å²) >= 11 is 1.44. The highest BCUT2D eigenvalue weighted by molar-refractivity contribution is 7.99. The van der Waals surface area contributed by atoms with Crippen molar-refractivity contribution in [1.82, 2.24) is 20.1 Å². The molecule has 1 aliphatic rings. The Morgan fingerprint density at radius 1 is 1.53 bits per heavy atom. The first kappa shape index (κ1) is 14.3. The van der Waals surface area contributed by atoms with Gasteiger partial charge in [0.2, 0.25) is 5.91 Å². The molecule has 1 fully saturated rings. The van der Waals surface area contributed by atoms with E-state index < -0.39 is 0 Å². The van der Waals surface area contributed by atoms with Crippen molar-refractivity contribution < 1.29 is 4.79 Å². The van der Waals surface area contributed by atoms with E-state index in [0.29, 0.717) is 18.3 Å². The molecule has 3 N–H and O–H groups in total. The highest BCUT2D eigenvalue weighted by atomic mass is 32.2. The quantitative estimate of drug-likeness (QED) is 0.551. The van der Waals surface area contributed by atoms with Crippen molar-refractivity contribution in [3.8, 4) is 0 Å². The van der Waals surface area contributed by atoms with Crippen LogP contribution in [0.1, 0.15) is 44.5 Å². The van der Waals surface area contributed by atoms with Crippen molar-refractivity contribution >= 4 is 17.7 Å². The van der Waals surface area contributed by atoms with Crippen LogP contribution >= 0.6 is 11.8 Å². The average Bonchev–Trinajstić information content (AvgIpc) is 3.17. The monoisotopic (exact) mass is 283 g/mol. The number of rotatable bonds is 8. The Hall–Kier alpha value is -1.08. The summed E-state index contributed by atoms with van der Waals surface area (Å²) in [6.45, 7) is 3.25. The second-order valence-corrected chi connectivity index (χ2v) is 5.64. The van der Waals surface area contributed by atoms with Crippen molar-refractivity contribution in [1.29, 1.82) is 0 Å². The zero-order valence-electron chi connectivity index (χ0n) is 11.3. The first-order chi connectivity index (χ1) is 9.26. The number of carbonyl (C=O) groups is 1. The molecular formula is C12H21N5OS. The van der Waals surface area contributed by atoms with Crippen LogP contribution < -0.4 is 11.1 Å². The van der Waals surface area contributed by atoms with Gasteiger partial charge in [-0.25, -0.2) is 0 Å². The van der Waals surface area contributed by atoms with Crippen molar-refractivity contribution in [2.24, 2.45) is 5.73 Å². The third-order valence-corrected chi connectivity index (χ3v) is 3.96. The number of hydrogen-bond donors (Lipinski definition) is 2.